The number of nitrogens with one attached hydrogen (secondary N) is 1. The molecule has 6 nitrogen and oxygen atoms in total. The van der Waals surface area contributed by atoms with Gasteiger partial charge in [-0.2, -0.15) is 0 Å². The molecule has 1 N–H and O–H groups in total. The third-order valence-corrected chi connectivity index (χ3v) is 4.84. The first-order valence-corrected chi connectivity index (χ1v) is 8.68. The maximum Gasteiger partial charge on any atom is 0.305 e. The second-order valence-electron chi connectivity index (χ2n) is 6.04. The van der Waals surface area contributed by atoms with Crippen molar-refractivity contribution in [1.82, 2.24) is 19.8 Å². The molecule has 132 valence electrons. The Balaban J connectivity index is 1.86. The summed E-state index contributed by atoms with van der Waals surface area (Å²) in [4.78, 5) is 18.1. The highest BCUT2D eigenvalue weighted by atomic mass is 32.1. The molecule has 1 aliphatic heterocycles. The molecule has 2 aromatic heterocycles. The maximum absolute atomic E-state index is 11.4. The Morgan fingerprint density at radius 2 is 2.20 bits per heavy atom. The van der Waals surface area contributed by atoms with Crippen LogP contribution in [-0.2, 0) is 16.6 Å². The highest BCUT2D eigenvalue weighted by Crippen LogP contribution is 2.38. The van der Waals surface area contributed by atoms with Crippen LogP contribution in [0.5, 0.6) is 0 Å². The average Bonchev–Trinajstić information content (AvgIpc) is 3.18. The SMILES string of the molecule is COC(=O)CCCN1C(=S)N[C@H](c2ccccn2)[C@H]1c1cccn1C. The Kier molecular flexibility index (Phi) is 5.33. The number of carbonyl (C=O) groups excluding carboxylic acids is 1. The molecule has 2 aromatic rings. The third kappa shape index (κ3) is 3.66. The molecule has 25 heavy (non-hydrogen) atoms. The number of nitrogens with zero attached hydrogens (tertiary/aromatic N) is 3. The van der Waals surface area contributed by atoms with E-state index in [9.17, 15) is 4.79 Å². The molecule has 0 bridgehead atoms. The van der Waals surface area contributed by atoms with Crippen LogP contribution in [0.2, 0.25) is 0 Å². The number of ether oxygens (including phenoxy) is 1. The Labute approximate surface area is 152 Å². The number of pyridine rings is 1. The third-order valence-electron chi connectivity index (χ3n) is 4.49. The normalized spacial score (nSPS) is 19.8. The summed E-state index contributed by atoms with van der Waals surface area (Å²) in [5.74, 6) is -0.199. The van der Waals surface area contributed by atoms with Gasteiger partial charge in [0.2, 0.25) is 0 Å². The van der Waals surface area contributed by atoms with Crippen LogP contribution in [0.25, 0.3) is 0 Å². The van der Waals surface area contributed by atoms with Crippen LogP contribution in [0, 0.1) is 0 Å². The van der Waals surface area contributed by atoms with Gasteiger partial charge in [-0.3, -0.25) is 9.78 Å². The van der Waals surface area contributed by atoms with Crippen molar-refractivity contribution in [2.45, 2.75) is 24.9 Å². The highest BCUT2D eigenvalue weighted by molar-refractivity contribution is 7.80. The van der Waals surface area contributed by atoms with Gasteiger partial charge >= 0.3 is 5.97 Å². The second-order valence-corrected chi connectivity index (χ2v) is 6.43. The molecular formula is C18H22N4O2S. The molecule has 0 unspecified atom stereocenters. The molecule has 0 spiro atoms. The van der Waals surface area contributed by atoms with Crippen LogP contribution >= 0.6 is 12.2 Å². The summed E-state index contributed by atoms with van der Waals surface area (Å²) in [5, 5.41) is 4.09. The van der Waals surface area contributed by atoms with Crippen LogP contribution in [0.3, 0.4) is 0 Å². The smallest absolute Gasteiger partial charge is 0.305 e. The largest absolute Gasteiger partial charge is 0.469 e. The van der Waals surface area contributed by atoms with E-state index in [0.717, 1.165) is 11.4 Å². The van der Waals surface area contributed by atoms with Crippen molar-refractivity contribution >= 4 is 23.3 Å². The molecule has 3 heterocycles. The number of methoxy groups -OCH3 is 1. The molecule has 3 rings (SSSR count). The van der Waals surface area contributed by atoms with E-state index in [4.69, 9.17) is 17.0 Å². The Bertz CT molecular complexity index is 747. The molecule has 7 heteroatoms. The van der Waals surface area contributed by atoms with E-state index in [2.05, 4.69) is 25.8 Å². The van der Waals surface area contributed by atoms with Gasteiger partial charge in [0.25, 0.3) is 0 Å². The fourth-order valence-corrected chi connectivity index (χ4v) is 3.58. The van der Waals surface area contributed by atoms with E-state index in [1.54, 1.807) is 6.20 Å². The van der Waals surface area contributed by atoms with Crippen molar-refractivity contribution in [3.05, 3.63) is 54.1 Å². The number of rotatable bonds is 6. The Morgan fingerprint density at radius 3 is 2.84 bits per heavy atom. The summed E-state index contributed by atoms with van der Waals surface area (Å²) in [6, 6.07) is 10.0. The summed E-state index contributed by atoms with van der Waals surface area (Å²) in [6.07, 6.45) is 4.88. The van der Waals surface area contributed by atoms with Crippen molar-refractivity contribution in [2.24, 2.45) is 7.05 Å². The van der Waals surface area contributed by atoms with Crippen LogP contribution in [-0.4, -0.2) is 39.2 Å². The van der Waals surface area contributed by atoms with E-state index in [1.165, 1.54) is 7.11 Å². The van der Waals surface area contributed by atoms with Crippen LogP contribution in [0.15, 0.2) is 42.7 Å². The monoisotopic (exact) mass is 358 g/mol. The van der Waals surface area contributed by atoms with E-state index >= 15 is 0 Å². The topological polar surface area (TPSA) is 59.4 Å². The minimum atomic E-state index is -0.199. The number of carbonyl (C=O) groups is 1. The minimum absolute atomic E-state index is 0.0274. The summed E-state index contributed by atoms with van der Waals surface area (Å²) >= 11 is 5.58. The lowest BCUT2D eigenvalue weighted by Gasteiger charge is -2.28. The first kappa shape index (κ1) is 17.4. The molecule has 0 amide bonds. The average molecular weight is 358 g/mol. The van der Waals surface area contributed by atoms with Gasteiger partial charge in [0.15, 0.2) is 5.11 Å². The van der Waals surface area contributed by atoms with Gasteiger partial charge in [-0.15, -0.1) is 0 Å². The quantitative estimate of drug-likeness (QED) is 0.632. The first-order chi connectivity index (χ1) is 12.1. The van der Waals surface area contributed by atoms with Gasteiger partial charge in [0, 0.05) is 38.1 Å². The molecular weight excluding hydrogens is 336 g/mol. The van der Waals surface area contributed by atoms with E-state index in [0.29, 0.717) is 24.5 Å². The van der Waals surface area contributed by atoms with Gasteiger partial charge < -0.3 is 19.5 Å². The molecule has 0 aliphatic carbocycles. The van der Waals surface area contributed by atoms with Crippen molar-refractivity contribution < 1.29 is 9.53 Å². The van der Waals surface area contributed by atoms with Gasteiger partial charge in [-0.1, -0.05) is 6.07 Å². The van der Waals surface area contributed by atoms with Crippen molar-refractivity contribution in [1.29, 1.82) is 0 Å². The molecule has 1 fully saturated rings. The number of aryl methyl sites for hydroxylation is 1. The summed E-state index contributed by atoms with van der Waals surface area (Å²) < 4.78 is 6.83. The van der Waals surface area contributed by atoms with Gasteiger partial charge in [-0.25, -0.2) is 0 Å². The van der Waals surface area contributed by atoms with Gasteiger partial charge in [0.05, 0.1) is 24.9 Å². The lowest BCUT2D eigenvalue weighted by atomic mass is 10.0. The van der Waals surface area contributed by atoms with Gasteiger partial charge in [0.1, 0.15) is 0 Å². The zero-order valence-corrected chi connectivity index (χ0v) is 15.2. The number of thiocarbonyl (C=S) groups is 1. The van der Waals surface area contributed by atoms with Crippen molar-refractivity contribution in [3.63, 3.8) is 0 Å². The Morgan fingerprint density at radius 1 is 1.36 bits per heavy atom. The first-order valence-electron chi connectivity index (χ1n) is 8.28. The standard InChI is InChI=1S/C18H22N4O2S/c1-21-11-5-8-14(21)17-16(13-7-3-4-10-19-13)20-18(25)22(17)12-6-9-15(23)24-2/h3-5,7-8,10-11,16-17H,6,9,12H2,1-2H3,(H,20,25)/t16-,17-/m1/s1. The summed E-state index contributed by atoms with van der Waals surface area (Å²) in [6.45, 7) is 0.681. The van der Waals surface area contributed by atoms with E-state index < -0.39 is 0 Å². The molecule has 1 saturated heterocycles. The minimum Gasteiger partial charge on any atom is -0.469 e. The molecule has 0 aromatic carbocycles. The van der Waals surface area contributed by atoms with Gasteiger partial charge in [-0.05, 0) is 42.9 Å². The van der Waals surface area contributed by atoms with Crippen LogP contribution in [0.1, 0.15) is 36.3 Å². The number of hydrogen-bond donors (Lipinski definition) is 1. The summed E-state index contributed by atoms with van der Waals surface area (Å²) in [7, 11) is 3.44. The fraction of sp³-hybridized carbons (Fsp3) is 0.389. The number of esters is 1. The lowest BCUT2D eigenvalue weighted by molar-refractivity contribution is -0.140. The fourth-order valence-electron chi connectivity index (χ4n) is 3.25. The molecule has 0 saturated carbocycles. The number of aromatic nitrogens is 2. The van der Waals surface area contributed by atoms with Crippen molar-refractivity contribution in [2.75, 3.05) is 13.7 Å². The second kappa shape index (κ2) is 7.65. The zero-order chi connectivity index (χ0) is 17.8. The highest BCUT2D eigenvalue weighted by Gasteiger charge is 2.40. The molecule has 0 radical (unpaired) electrons. The maximum atomic E-state index is 11.4. The number of hydrogen-bond acceptors (Lipinski definition) is 4. The zero-order valence-electron chi connectivity index (χ0n) is 14.4. The molecule has 2 atom stereocenters. The lowest BCUT2D eigenvalue weighted by Crippen LogP contribution is -2.31. The van der Waals surface area contributed by atoms with E-state index in [1.807, 2.05) is 37.5 Å². The predicted molar refractivity (Wildman–Crippen MR) is 98.8 cm³/mol. The van der Waals surface area contributed by atoms with Crippen LogP contribution in [0.4, 0.5) is 0 Å². The van der Waals surface area contributed by atoms with E-state index in [-0.39, 0.29) is 18.1 Å². The molecule has 1 aliphatic rings. The Hall–Kier alpha value is -2.41. The summed E-state index contributed by atoms with van der Waals surface area (Å²) in [5.41, 5.74) is 2.10. The predicted octanol–water partition coefficient (Wildman–Crippen LogP) is 2.35. The van der Waals surface area contributed by atoms with Crippen molar-refractivity contribution in [3.8, 4) is 0 Å². The van der Waals surface area contributed by atoms with Crippen LogP contribution < -0.4 is 5.32 Å².